The number of halogens is 2. The van der Waals surface area contributed by atoms with E-state index < -0.39 is 35.7 Å². The zero-order valence-corrected chi connectivity index (χ0v) is 17.1. The van der Waals surface area contributed by atoms with E-state index in [0.29, 0.717) is 16.5 Å². The summed E-state index contributed by atoms with van der Waals surface area (Å²) >= 11 is 5.95. The molecule has 0 bridgehead atoms. The molecule has 1 saturated heterocycles. The van der Waals surface area contributed by atoms with Crippen LogP contribution in [0.5, 0.6) is 0 Å². The van der Waals surface area contributed by atoms with E-state index in [1.165, 1.54) is 24.3 Å². The average Bonchev–Trinajstić information content (AvgIpc) is 3.53. The summed E-state index contributed by atoms with van der Waals surface area (Å²) in [5.74, 6) is -1.09. The Bertz CT molecular complexity index is 992. The number of amides is 4. The summed E-state index contributed by atoms with van der Waals surface area (Å²) in [7, 11) is 0. The number of carbonyl (C=O) groups is 3. The fourth-order valence-electron chi connectivity index (χ4n) is 3.76. The van der Waals surface area contributed by atoms with Gasteiger partial charge in [0.25, 0.3) is 5.91 Å². The van der Waals surface area contributed by atoms with Crippen molar-refractivity contribution in [3.63, 3.8) is 0 Å². The highest BCUT2D eigenvalue weighted by atomic mass is 35.5. The first-order valence-corrected chi connectivity index (χ1v) is 10.1. The highest BCUT2D eigenvalue weighted by molar-refractivity contribution is 6.30. The minimum absolute atomic E-state index is 0.195. The third-order valence-corrected chi connectivity index (χ3v) is 5.89. The van der Waals surface area contributed by atoms with Gasteiger partial charge in [0.05, 0.1) is 6.04 Å². The lowest BCUT2D eigenvalue weighted by atomic mass is 9.92. The van der Waals surface area contributed by atoms with Gasteiger partial charge >= 0.3 is 6.03 Å². The molecule has 156 valence electrons. The molecule has 4 amide bonds. The van der Waals surface area contributed by atoms with Crippen LogP contribution >= 0.6 is 11.6 Å². The highest BCUT2D eigenvalue weighted by Gasteiger charge is 2.49. The Kier molecular flexibility index (Phi) is 5.24. The number of carbonyl (C=O) groups excluding carboxylic acids is 3. The van der Waals surface area contributed by atoms with Crippen LogP contribution < -0.4 is 10.6 Å². The molecule has 2 aromatic rings. The van der Waals surface area contributed by atoms with Crippen molar-refractivity contribution in [2.45, 2.75) is 31.3 Å². The van der Waals surface area contributed by atoms with Crippen molar-refractivity contribution in [1.29, 1.82) is 0 Å². The molecule has 2 atom stereocenters. The van der Waals surface area contributed by atoms with E-state index >= 15 is 0 Å². The molecule has 1 aliphatic heterocycles. The molecule has 30 heavy (non-hydrogen) atoms. The molecular weight excluding hydrogens is 409 g/mol. The lowest BCUT2D eigenvalue weighted by Crippen LogP contribution is -2.44. The fraction of sp³-hybridized carbons (Fsp3) is 0.318. The number of nitrogens with zero attached hydrogens (tertiary/aromatic N) is 1. The van der Waals surface area contributed by atoms with Gasteiger partial charge < -0.3 is 10.6 Å². The van der Waals surface area contributed by atoms with Crippen LogP contribution in [0.25, 0.3) is 0 Å². The van der Waals surface area contributed by atoms with E-state index in [9.17, 15) is 18.8 Å². The van der Waals surface area contributed by atoms with Crippen LogP contribution in [0.2, 0.25) is 5.02 Å². The van der Waals surface area contributed by atoms with Gasteiger partial charge in [-0.15, -0.1) is 0 Å². The maximum absolute atomic E-state index is 13.2. The number of hydrogen-bond donors (Lipinski definition) is 2. The molecule has 2 aromatic carbocycles. The largest absolute Gasteiger partial charge is 0.347 e. The van der Waals surface area contributed by atoms with Gasteiger partial charge in [-0.1, -0.05) is 35.9 Å². The normalized spacial score (nSPS) is 22.0. The summed E-state index contributed by atoms with van der Waals surface area (Å²) in [6.07, 6.45) is 2.00. The summed E-state index contributed by atoms with van der Waals surface area (Å²) in [5.41, 5.74) is 0.0303. The molecule has 0 aromatic heterocycles. The lowest BCUT2D eigenvalue weighted by molar-refractivity contribution is -0.135. The molecule has 2 N–H and O–H groups in total. The van der Waals surface area contributed by atoms with Crippen molar-refractivity contribution in [3.8, 4) is 0 Å². The third-order valence-electron chi connectivity index (χ3n) is 5.64. The fourth-order valence-corrected chi connectivity index (χ4v) is 3.88. The van der Waals surface area contributed by atoms with Crippen LogP contribution in [0.3, 0.4) is 0 Å². The first-order valence-electron chi connectivity index (χ1n) is 9.73. The number of benzene rings is 2. The van der Waals surface area contributed by atoms with Gasteiger partial charge in [-0.05, 0) is 61.1 Å². The summed E-state index contributed by atoms with van der Waals surface area (Å²) in [6.45, 7) is 1.15. The Morgan fingerprint density at radius 1 is 1.20 bits per heavy atom. The topological polar surface area (TPSA) is 78.5 Å². The summed E-state index contributed by atoms with van der Waals surface area (Å²) in [4.78, 5) is 39.0. The molecule has 2 fully saturated rings. The van der Waals surface area contributed by atoms with Gasteiger partial charge in [-0.2, -0.15) is 0 Å². The number of urea groups is 1. The molecule has 0 radical (unpaired) electrons. The maximum atomic E-state index is 13.2. The quantitative estimate of drug-likeness (QED) is 0.690. The second-order valence-corrected chi connectivity index (χ2v) is 8.32. The van der Waals surface area contributed by atoms with Crippen LogP contribution in [0.15, 0.2) is 48.5 Å². The van der Waals surface area contributed by atoms with Gasteiger partial charge in [0.1, 0.15) is 17.9 Å². The van der Waals surface area contributed by atoms with Crippen molar-refractivity contribution >= 4 is 29.4 Å². The van der Waals surface area contributed by atoms with E-state index in [1.54, 1.807) is 19.1 Å². The van der Waals surface area contributed by atoms with E-state index in [4.69, 9.17) is 11.6 Å². The van der Waals surface area contributed by atoms with E-state index in [-0.39, 0.29) is 6.04 Å². The van der Waals surface area contributed by atoms with Crippen molar-refractivity contribution in [1.82, 2.24) is 15.5 Å². The molecule has 0 spiro atoms. The molecule has 2 unspecified atom stereocenters. The van der Waals surface area contributed by atoms with Crippen LogP contribution in [0.4, 0.5) is 9.18 Å². The zero-order valence-electron chi connectivity index (χ0n) is 16.3. The molecule has 1 heterocycles. The number of hydrogen-bond acceptors (Lipinski definition) is 3. The van der Waals surface area contributed by atoms with Gasteiger partial charge in [-0.3, -0.25) is 14.5 Å². The van der Waals surface area contributed by atoms with Crippen LogP contribution in [0.1, 0.15) is 36.9 Å². The smallest absolute Gasteiger partial charge is 0.325 e. The van der Waals surface area contributed by atoms with E-state index in [2.05, 4.69) is 10.6 Å². The number of imide groups is 1. The van der Waals surface area contributed by atoms with E-state index in [1.807, 2.05) is 12.1 Å². The second-order valence-electron chi connectivity index (χ2n) is 7.89. The van der Waals surface area contributed by atoms with E-state index in [0.717, 1.165) is 23.3 Å². The maximum Gasteiger partial charge on any atom is 0.325 e. The standard InChI is InChI=1S/C22H21ClFN3O3/c1-22(15-6-10-17(24)11-7-15)20(29)27(21(30)26-22)12-18(28)25-19(13-2-3-13)14-4-8-16(23)9-5-14/h4-11,13,19H,2-3,12H2,1H3,(H,25,28)(H,26,30). The van der Waals surface area contributed by atoms with Gasteiger partial charge in [0, 0.05) is 5.02 Å². The Balaban J connectivity index is 1.47. The molecule has 1 saturated carbocycles. The minimum atomic E-state index is -1.35. The first-order chi connectivity index (χ1) is 14.3. The zero-order chi connectivity index (χ0) is 21.5. The highest BCUT2D eigenvalue weighted by Crippen LogP contribution is 2.41. The molecular formula is C22H21ClFN3O3. The van der Waals surface area contributed by atoms with Crippen molar-refractivity contribution in [2.75, 3.05) is 6.54 Å². The Morgan fingerprint density at radius 3 is 2.43 bits per heavy atom. The summed E-state index contributed by atoms with van der Waals surface area (Å²) in [6, 6.07) is 11.8. The lowest BCUT2D eigenvalue weighted by Gasteiger charge is -2.23. The Hall–Kier alpha value is -2.93. The summed E-state index contributed by atoms with van der Waals surface area (Å²) in [5, 5.41) is 6.18. The monoisotopic (exact) mass is 429 g/mol. The van der Waals surface area contributed by atoms with Gasteiger partial charge in [-0.25, -0.2) is 9.18 Å². The number of rotatable bonds is 6. The van der Waals surface area contributed by atoms with Crippen molar-refractivity contribution in [3.05, 3.63) is 70.5 Å². The number of nitrogens with one attached hydrogen (secondary N) is 2. The van der Waals surface area contributed by atoms with Crippen LogP contribution in [0, 0.1) is 11.7 Å². The molecule has 4 rings (SSSR count). The average molecular weight is 430 g/mol. The Morgan fingerprint density at radius 2 is 1.83 bits per heavy atom. The first kappa shape index (κ1) is 20.3. The third kappa shape index (κ3) is 3.89. The van der Waals surface area contributed by atoms with Gasteiger partial charge in [0.2, 0.25) is 5.91 Å². The van der Waals surface area contributed by atoms with Gasteiger partial charge in [0.15, 0.2) is 0 Å². The minimum Gasteiger partial charge on any atom is -0.347 e. The van der Waals surface area contributed by atoms with Crippen LogP contribution in [-0.4, -0.2) is 29.3 Å². The molecule has 6 nitrogen and oxygen atoms in total. The Labute approximate surface area is 178 Å². The molecule has 2 aliphatic rings. The predicted octanol–water partition coefficient (Wildman–Crippen LogP) is 3.51. The summed E-state index contributed by atoms with van der Waals surface area (Å²) < 4.78 is 13.2. The molecule has 1 aliphatic carbocycles. The van der Waals surface area contributed by atoms with Crippen molar-refractivity contribution in [2.24, 2.45) is 5.92 Å². The van der Waals surface area contributed by atoms with Crippen molar-refractivity contribution < 1.29 is 18.8 Å². The SMILES string of the molecule is CC1(c2ccc(F)cc2)NC(=O)N(CC(=O)NC(c2ccc(Cl)cc2)C2CC2)C1=O. The second kappa shape index (κ2) is 7.72. The predicted molar refractivity (Wildman–Crippen MR) is 109 cm³/mol. The van der Waals surface area contributed by atoms with Crippen LogP contribution in [-0.2, 0) is 15.1 Å². The molecule has 8 heteroatoms.